The number of esters is 2. The van der Waals surface area contributed by atoms with E-state index in [0.717, 1.165) is 12.2 Å². The minimum Gasteiger partial charge on any atom is -0.466 e. The molecule has 1 unspecified atom stereocenters. The van der Waals surface area contributed by atoms with Crippen LogP contribution in [0.2, 0.25) is 0 Å². The van der Waals surface area contributed by atoms with Crippen LogP contribution in [0.25, 0.3) is 0 Å². The van der Waals surface area contributed by atoms with Crippen molar-refractivity contribution in [3.63, 3.8) is 0 Å². The second-order valence-electron chi connectivity index (χ2n) is 2.65. The summed E-state index contributed by atoms with van der Waals surface area (Å²) < 4.78 is 19.6. The van der Waals surface area contributed by atoms with E-state index in [1.165, 1.54) is 7.11 Å². The Labute approximate surface area is 90.9 Å². The van der Waals surface area contributed by atoms with Crippen LogP contribution in [0.4, 0.5) is 0 Å². The molecule has 0 aromatic heterocycles. The molecule has 0 bridgehead atoms. The first kappa shape index (κ1) is 13.8. The maximum Gasteiger partial charge on any atom is 0.331 e. The van der Waals surface area contributed by atoms with Gasteiger partial charge in [0.1, 0.15) is 0 Å². The van der Waals surface area contributed by atoms with Crippen molar-refractivity contribution >= 4 is 22.7 Å². The van der Waals surface area contributed by atoms with Crippen LogP contribution in [0.1, 0.15) is 6.42 Å². The first-order valence-electron chi connectivity index (χ1n) is 4.29. The molecule has 0 fully saturated rings. The van der Waals surface area contributed by atoms with E-state index in [4.69, 9.17) is 4.74 Å². The monoisotopic (exact) mass is 234 g/mol. The Morgan fingerprint density at radius 1 is 1.27 bits per heavy atom. The van der Waals surface area contributed by atoms with Crippen LogP contribution in [-0.2, 0) is 29.9 Å². The van der Waals surface area contributed by atoms with Crippen LogP contribution in [0.3, 0.4) is 0 Å². The summed E-state index contributed by atoms with van der Waals surface area (Å²) in [6.45, 7) is 0.198. The van der Waals surface area contributed by atoms with Gasteiger partial charge in [-0.1, -0.05) is 0 Å². The van der Waals surface area contributed by atoms with Crippen molar-refractivity contribution < 1.29 is 23.3 Å². The fourth-order valence-corrected chi connectivity index (χ4v) is 1.21. The lowest BCUT2D eigenvalue weighted by Crippen LogP contribution is -2.06. The second kappa shape index (κ2) is 8.16. The minimum atomic E-state index is -0.876. The van der Waals surface area contributed by atoms with Gasteiger partial charge in [-0.15, -0.1) is 0 Å². The molecule has 0 saturated carbocycles. The number of carbonyl (C=O) groups excluding carboxylic acids is 2. The highest BCUT2D eigenvalue weighted by Crippen LogP contribution is 1.89. The first-order chi connectivity index (χ1) is 7.06. The van der Waals surface area contributed by atoms with E-state index >= 15 is 0 Å². The molecule has 15 heavy (non-hydrogen) atoms. The van der Waals surface area contributed by atoms with Crippen LogP contribution in [-0.4, -0.2) is 41.9 Å². The molecular weight excluding hydrogens is 220 g/mol. The van der Waals surface area contributed by atoms with E-state index < -0.39 is 22.7 Å². The normalized spacial score (nSPS) is 12.4. The Kier molecular flexibility index (Phi) is 7.53. The molecule has 0 aliphatic rings. The van der Waals surface area contributed by atoms with Gasteiger partial charge in [-0.3, -0.25) is 4.21 Å². The van der Waals surface area contributed by atoms with Crippen molar-refractivity contribution in [2.75, 3.05) is 25.7 Å². The van der Waals surface area contributed by atoms with Gasteiger partial charge in [-0.2, -0.15) is 0 Å². The SMILES string of the molecule is COC(=O)/C=C/C(=O)OCCCS(C)=O. The lowest BCUT2D eigenvalue weighted by molar-refractivity contribution is -0.139. The fraction of sp³-hybridized carbons (Fsp3) is 0.556. The van der Waals surface area contributed by atoms with Gasteiger partial charge in [-0.25, -0.2) is 9.59 Å². The molecule has 5 nitrogen and oxygen atoms in total. The topological polar surface area (TPSA) is 69.7 Å². The molecule has 86 valence electrons. The van der Waals surface area contributed by atoms with E-state index in [1.54, 1.807) is 6.26 Å². The average molecular weight is 234 g/mol. The molecule has 0 aromatic carbocycles. The van der Waals surface area contributed by atoms with Gasteiger partial charge in [0.2, 0.25) is 0 Å². The molecule has 0 heterocycles. The number of hydrogen-bond acceptors (Lipinski definition) is 5. The van der Waals surface area contributed by atoms with Gasteiger partial charge in [0.25, 0.3) is 0 Å². The Morgan fingerprint density at radius 3 is 2.40 bits per heavy atom. The second-order valence-corrected chi connectivity index (χ2v) is 4.21. The first-order valence-corrected chi connectivity index (χ1v) is 6.01. The zero-order valence-electron chi connectivity index (χ0n) is 8.73. The number of hydrogen-bond donors (Lipinski definition) is 0. The maximum absolute atomic E-state index is 10.9. The zero-order chi connectivity index (χ0) is 11.7. The lowest BCUT2D eigenvalue weighted by Gasteiger charge is -1.99. The van der Waals surface area contributed by atoms with Crippen molar-refractivity contribution in [2.24, 2.45) is 0 Å². The molecule has 0 aliphatic carbocycles. The summed E-state index contributed by atoms with van der Waals surface area (Å²) in [7, 11) is 0.341. The smallest absolute Gasteiger partial charge is 0.331 e. The van der Waals surface area contributed by atoms with Crippen LogP contribution >= 0.6 is 0 Å². The molecule has 0 amide bonds. The summed E-state index contributed by atoms with van der Waals surface area (Å²) in [4.78, 5) is 21.5. The van der Waals surface area contributed by atoms with Crippen LogP contribution < -0.4 is 0 Å². The molecule has 0 N–H and O–H groups in total. The van der Waals surface area contributed by atoms with E-state index in [2.05, 4.69) is 4.74 Å². The Morgan fingerprint density at radius 2 is 1.87 bits per heavy atom. The average Bonchev–Trinajstić information content (AvgIpc) is 2.20. The highest BCUT2D eigenvalue weighted by molar-refractivity contribution is 7.84. The predicted molar refractivity (Wildman–Crippen MR) is 55.7 cm³/mol. The number of rotatable bonds is 6. The van der Waals surface area contributed by atoms with Crippen LogP contribution in [0.15, 0.2) is 12.2 Å². The highest BCUT2D eigenvalue weighted by atomic mass is 32.2. The van der Waals surface area contributed by atoms with Crippen molar-refractivity contribution in [2.45, 2.75) is 6.42 Å². The summed E-state index contributed by atoms with van der Waals surface area (Å²) in [5, 5.41) is 0. The fourth-order valence-electron chi connectivity index (χ4n) is 0.687. The molecule has 0 spiro atoms. The molecule has 0 saturated heterocycles. The van der Waals surface area contributed by atoms with Gasteiger partial charge in [-0.05, 0) is 6.42 Å². The third kappa shape index (κ3) is 9.14. The molecular formula is C9H14O5S. The third-order valence-electron chi connectivity index (χ3n) is 1.38. The van der Waals surface area contributed by atoms with E-state index in [-0.39, 0.29) is 6.61 Å². The van der Waals surface area contributed by atoms with E-state index in [9.17, 15) is 13.8 Å². The minimum absolute atomic E-state index is 0.198. The van der Waals surface area contributed by atoms with Crippen LogP contribution in [0, 0.1) is 0 Å². The Hall–Kier alpha value is -1.17. The Bertz CT molecular complexity index is 272. The quantitative estimate of drug-likeness (QED) is 0.368. The van der Waals surface area contributed by atoms with Crippen molar-refractivity contribution in [3.05, 3.63) is 12.2 Å². The molecule has 0 aromatic rings. The van der Waals surface area contributed by atoms with Gasteiger partial charge < -0.3 is 9.47 Å². The van der Waals surface area contributed by atoms with Crippen molar-refractivity contribution in [1.82, 2.24) is 0 Å². The summed E-state index contributed by atoms with van der Waals surface area (Å²) in [5.41, 5.74) is 0. The standard InChI is InChI=1S/C9H14O5S/c1-13-8(10)4-5-9(11)14-6-3-7-15(2)12/h4-5H,3,6-7H2,1-2H3/b5-4+. The molecule has 0 rings (SSSR count). The van der Waals surface area contributed by atoms with Crippen molar-refractivity contribution in [1.29, 1.82) is 0 Å². The molecule has 1 atom stereocenters. The lowest BCUT2D eigenvalue weighted by atomic mass is 10.5. The zero-order valence-corrected chi connectivity index (χ0v) is 9.54. The summed E-state index contributed by atoms with van der Waals surface area (Å²) in [5.74, 6) is -0.725. The Balaban J connectivity index is 3.62. The van der Waals surface area contributed by atoms with E-state index in [0.29, 0.717) is 12.2 Å². The van der Waals surface area contributed by atoms with Crippen LogP contribution in [0.5, 0.6) is 0 Å². The summed E-state index contributed by atoms with van der Waals surface area (Å²) >= 11 is 0. The number of carbonyl (C=O) groups is 2. The summed E-state index contributed by atoms with van der Waals surface area (Å²) in [6.07, 6.45) is 4.11. The largest absolute Gasteiger partial charge is 0.466 e. The molecule has 0 radical (unpaired) electrons. The highest BCUT2D eigenvalue weighted by Gasteiger charge is 1.99. The number of ether oxygens (including phenoxy) is 2. The third-order valence-corrected chi connectivity index (χ3v) is 2.24. The molecule has 6 heteroatoms. The predicted octanol–water partition coefficient (Wildman–Crippen LogP) is 0.0274. The number of methoxy groups -OCH3 is 1. The molecule has 0 aliphatic heterocycles. The summed E-state index contributed by atoms with van der Waals surface area (Å²) in [6, 6.07) is 0. The van der Waals surface area contributed by atoms with Gasteiger partial charge in [0, 0.05) is 35.0 Å². The maximum atomic E-state index is 10.9. The van der Waals surface area contributed by atoms with Gasteiger partial charge in [0.15, 0.2) is 0 Å². The van der Waals surface area contributed by atoms with E-state index in [1.807, 2.05) is 0 Å². The van der Waals surface area contributed by atoms with Gasteiger partial charge in [0.05, 0.1) is 13.7 Å². The van der Waals surface area contributed by atoms with Crippen molar-refractivity contribution in [3.8, 4) is 0 Å². The van der Waals surface area contributed by atoms with Gasteiger partial charge >= 0.3 is 11.9 Å².